The lowest BCUT2D eigenvalue weighted by Crippen LogP contribution is -2.40. The molecule has 1 fully saturated rings. The van der Waals surface area contributed by atoms with Gasteiger partial charge in [0.15, 0.2) is 0 Å². The summed E-state index contributed by atoms with van der Waals surface area (Å²) in [4.78, 5) is 11.9. The normalized spacial score (nSPS) is 19.9. The van der Waals surface area contributed by atoms with Crippen LogP contribution in [0.4, 0.5) is 0 Å². The van der Waals surface area contributed by atoms with Crippen LogP contribution in [-0.2, 0) is 13.8 Å². The second kappa shape index (κ2) is 5.90. The van der Waals surface area contributed by atoms with E-state index < -0.39 is 9.05 Å². The van der Waals surface area contributed by atoms with Gasteiger partial charge in [-0.15, -0.1) is 0 Å². The molecule has 7 heteroatoms. The van der Waals surface area contributed by atoms with Crippen LogP contribution >= 0.6 is 10.7 Å². The van der Waals surface area contributed by atoms with E-state index >= 15 is 0 Å². The van der Waals surface area contributed by atoms with Crippen LogP contribution < -0.4 is 5.32 Å². The van der Waals surface area contributed by atoms with Gasteiger partial charge in [-0.3, -0.25) is 4.79 Å². The maximum atomic E-state index is 11.9. The molecule has 1 N–H and O–H groups in total. The number of carbonyl (C=O) groups excluding carboxylic acids is 1. The van der Waals surface area contributed by atoms with Gasteiger partial charge in [0.05, 0.1) is 17.5 Å². The first-order chi connectivity index (χ1) is 8.97. The molecule has 1 amide bonds. The fourth-order valence-corrected chi connectivity index (χ4v) is 2.66. The highest BCUT2D eigenvalue weighted by atomic mass is 35.7. The summed E-state index contributed by atoms with van der Waals surface area (Å²) in [5, 5.41) is 2.85. The van der Waals surface area contributed by atoms with Crippen LogP contribution in [0.15, 0.2) is 29.2 Å². The minimum Gasteiger partial charge on any atom is -0.379 e. The number of amides is 1. The molecule has 0 spiro atoms. The number of benzene rings is 1. The zero-order valence-corrected chi connectivity index (χ0v) is 11.7. The predicted octanol–water partition coefficient (Wildman–Crippen LogP) is 1.52. The van der Waals surface area contributed by atoms with Crippen LogP contribution in [0.3, 0.4) is 0 Å². The molecule has 0 bridgehead atoms. The monoisotopic (exact) mass is 303 g/mol. The molecular formula is C12H14ClNO4S. The molecule has 1 aromatic rings. The summed E-state index contributed by atoms with van der Waals surface area (Å²) in [6, 6.07) is 5.52. The maximum Gasteiger partial charge on any atom is 0.261 e. The van der Waals surface area contributed by atoms with Crippen LogP contribution in [0.2, 0.25) is 0 Å². The van der Waals surface area contributed by atoms with Crippen molar-refractivity contribution in [2.24, 2.45) is 0 Å². The van der Waals surface area contributed by atoms with Crippen molar-refractivity contribution < 1.29 is 17.9 Å². The summed E-state index contributed by atoms with van der Waals surface area (Å²) < 4.78 is 27.4. The van der Waals surface area contributed by atoms with E-state index in [2.05, 4.69) is 5.32 Å². The number of halogens is 1. The van der Waals surface area contributed by atoms with Crippen molar-refractivity contribution in [3.05, 3.63) is 29.8 Å². The lowest BCUT2D eigenvalue weighted by atomic mass is 10.1. The van der Waals surface area contributed by atoms with Gasteiger partial charge in [0.25, 0.3) is 15.0 Å². The van der Waals surface area contributed by atoms with Gasteiger partial charge >= 0.3 is 0 Å². The second-order valence-electron chi connectivity index (χ2n) is 4.35. The van der Waals surface area contributed by atoms with Crippen molar-refractivity contribution in [3.63, 3.8) is 0 Å². The zero-order chi connectivity index (χ0) is 13.9. The first-order valence-electron chi connectivity index (χ1n) is 5.90. The van der Waals surface area contributed by atoms with E-state index in [1.54, 1.807) is 0 Å². The Morgan fingerprint density at radius 1 is 1.32 bits per heavy atom. The molecule has 0 radical (unpaired) electrons. The number of carbonyl (C=O) groups is 1. The Kier molecular flexibility index (Phi) is 4.44. The lowest BCUT2D eigenvalue weighted by molar-refractivity contribution is 0.0624. The van der Waals surface area contributed by atoms with Gasteiger partial charge in [-0.2, -0.15) is 0 Å². The molecule has 1 aliphatic rings. The summed E-state index contributed by atoms with van der Waals surface area (Å²) in [5.41, 5.74) is 0.398. The molecule has 1 atom stereocenters. The summed E-state index contributed by atoms with van der Waals surface area (Å²) in [7, 11) is 1.45. The van der Waals surface area contributed by atoms with Crippen LogP contribution in [0.1, 0.15) is 23.2 Å². The van der Waals surface area contributed by atoms with E-state index in [1.807, 2.05) is 0 Å². The van der Waals surface area contributed by atoms with Crippen LogP contribution in [0, 0.1) is 0 Å². The Labute approximate surface area is 116 Å². The Balaban J connectivity index is 2.03. The fraction of sp³-hybridized carbons (Fsp3) is 0.417. The number of nitrogens with one attached hydrogen (secondary N) is 1. The van der Waals surface area contributed by atoms with Gasteiger partial charge in [-0.05, 0) is 37.1 Å². The van der Waals surface area contributed by atoms with Gasteiger partial charge in [0.2, 0.25) is 0 Å². The molecule has 5 nitrogen and oxygen atoms in total. The highest BCUT2D eigenvalue weighted by Crippen LogP contribution is 2.15. The van der Waals surface area contributed by atoms with Gasteiger partial charge in [0, 0.05) is 22.9 Å². The molecule has 1 aliphatic heterocycles. The standard InChI is InChI=1S/C12H14ClNO4S/c13-19(16,17)11-5-3-9(4-6-11)12(15)14-10-2-1-7-18-8-10/h3-6,10H,1-2,7-8H2,(H,14,15). The van der Waals surface area contributed by atoms with Crippen molar-refractivity contribution in [2.45, 2.75) is 23.8 Å². The number of ether oxygens (including phenoxy) is 1. The van der Waals surface area contributed by atoms with Gasteiger partial charge in [0.1, 0.15) is 0 Å². The molecule has 0 aromatic heterocycles. The molecular weight excluding hydrogens is 290 g/mol. The fourth-order valence-electron chi connectivity index (χ4n) is 1.89. The Morgan fingerprint density at radius 2 is 2.00 bits per heavy atom. The molecule has 1 unspecified atom stereocenters. The third-order valence-electron chi connectivity index (χ3n) is 2.89. The first-order valence-corrected chi connectivity index (χ1v) is 8.21. The quantitative estimate of drug-likeness (QED) is 0.859. The minimum atomic E-state index is -3.75. The van der Waals surface area contributed by atoms with E-state index in [9.17, 15) is 13.2 Å². The number of hydrogen-bond donors (Lipinski definition) is 1. The molecule has 1 saturated heterocycles. The summed E-state index contributed by atoms with van der Waals surface area (Å²) in [5.74, 6) is -0.242. The van der Waals surface area contributed by atoms with E-state index in [-0.39, 0.29) is 16.8 Å². The van der Waals surface area contributed by atoms with Crippen molar-refractivity contribution in [2.75, 3.05) is 13.2 Å². The van der Waals surface area contributed by atoms with Crippen LogP contribution in [0.5, 0.6) is 0 Å². The molecule has 2 rings (SSSR count). The number of hydrogen-bond acceptors (Lipinski definition) is 4. The van der Waals surface area contributed by atoms with Crippen molar-refractivity contribution in [1.29, 1.82) is 0 Å². The predicted molar refractivity (Wildman–Crippen MR) is 70.8 cm³/mol. The number of rotatable bonds is 3. The van der Waals surface area contributed by atoms with Crippen molar-refractivity contribution in [1.82, 2.24) is 5.32 Å². The van der Waals surface area contributed by atoms with Gasteiger partial charge in [-0.1, -0.05) is 0 Å². The van der Waals surface area contributed by atoms with E-state index in [1.165, 1.54) is 24.3 Å². The van der Waals surface area contributed by atoms with Crippen molar-refractivity contribution in [3.8, 4) is 0 Å². The highest BCUT2D eigenvalue weighted by Gasteiger charge is 2.17. The first kappa shape index (κ1) is 14.3. The average Bonchev–Trinajstić information content (AvgIpc) is 2.39. The van der Waals surface area contributed by atoms with Gasteiger partial charge in [-0.25, -0.2) is 8.42 Å². The third kappa shape index (κ3) is 3.92. The van der Waals surface area contributed by atoms with E-state index in [0.29, 0.717) is 12.2 Å². The Morgan fingerprint density at radius 3 is 2.53 bits per heavy atom. The maximum absolute atomic E-state index is 11.9. The molecule has 104 valence electrons. The third-order valence-corrected chi connectivity index (χ3v) is 4.26. The minimum absolute atomic E-state index is 0.0117. The lowest BCUT2D eigenvalue weighted by Gasteiger charge is -2.23. The van der Waals surface area contributed by atoms with E-state index in [4.69, 9.17) is 15.4 Å². The second-order valence-corrected chi connectivity index (χ2v) is 6.92. The molecule has 19 heavy (non-hydrogen) atoms. The SMILES string of the molecule is O=C(NC1CCCOC1)c1ccc(S(=O)(=O)Cl)cc1. The Bertz CT molecular complexity index is 550. The topological polar surface area (TPSA) is 72.5 Å². The summed E-state index contributed by atoms with van der Waals surface area (Å²) in [6.45, 7) is 1.24. The Hall–Kier alpha value is -1.11. The average molecular weight is 304 g/mol. The van der Waals surface area contributed by atoms with Crippen LogP contribution in [-0.4, -0.2) is 33.6 Å². The van der Waals surface area contributed by atoms with E-state index in [0.717, 1.165) is 19.4 Å². The summed E-state index contributed by atoms with van der Waals surface area (Å²) in [6.07, 6.45) is 1.81. The molecule has 1 heterocycles. The van der Waals surface area contributed by atoms with Crippen molar-refractivity contribution >= 4 is 25.6 Å². The summed E-state index contributed by atoms with van der Waals surface area (Å²) >= 11 is 0. The highest BCUT2D eigenvalue weighted by molar-refractivity contribution is 8.13. The molecule has 1 aromatic carbocycles. The smallest absolute Gasteiger partial charge is 0.261 e. The van der Waals surface area contributed by atoms with Gasteiger partial charge < -0.3 is 10.1 Å². The molecule has 0 aliphatic carbocycles. The molecule has 0 saturated carbocycles. The zero-order valence-electron chi connectivity index (χ0n) is 10.1. The largest absolute Gasteiger partial charge is 0.379 e. The van der Waals surface area contributed by atoms with Crippen LogP contribution in [0.25, 0.3) is 0 Å².